The van der Waals surface area contributed by atoms with Crippen molar-refractivity contribution in [2.75, 3.05) is 0 Å². The maximum Gasteiger partial charge on any atom is 0.335 e. The molecule has 2 amide bonds. The Morgan fingerprint density at radius 2 is 1.16 bits per heavy atom. The van der Waals surface area contributed by atoms with E-state index in [-0.39, 0.29) is 22.9 Å². The maximum atomic E-state index is 12.5. The molecule has 51 heavy (non-hydrogen) atoms. The van der Waals surface area contributed by atoms with Crippen LogP contribution in [0.3, 0.4) is 0 Å². The maximum absolute atomic E-state index is 12.5. The van der Waals surface area contributed by atoms with Gasteiger partial charge in [-0.15, -0.1) is 0 Å². The molecule has 6 rings (SSSR count). The number of allylic oxidation sites excluding steroid dienone is 5. The summed E-state index contributed by atoms with van der Waals surface area (Å²) in [5.74, 6) is -2.52. The van der Waals surface area contributed by atoms with E-state index in [2.05, 4.69) is 28.8 Å². The van der Waals surface area contributed by atoms with Gasteiger partial charge in [0.05, 0.1) is 33.9 Å². The summed E-state index contributed by atoms with van der Waals surface area (Å²) in [4.78, 5) is 56.9. The molecular weight excluding hydrogens is 644 g/mol. The van der Waals surface area contributed by atoms with Gasteiger partial charge in [0.1, 0.15) is 0 Å². The quantitative estimate of drug-likeness (QED) is 0.162. The number of hydrogen-bond donors (Lipinski definition) is 5. The van der Waals surface area contributed by atoms with Crippen molar-refractivity contribution in [3.8, 4) is 11.1 Å². The van der Waals surface area contributed by atoms with Crippen LogP contribution in [0, 0.1) is 6.92 Å². The van der Waals surface area contributed by atoms with Crippen LogP contribution in [0.15, 0.2) is 130 Å². The van der Waals surface area contributed by atoms with Crippen molar-refractivity contribution in [3.05, 3.63) is 159 Å². The van der Waals surface area contributed by atoms with Crippen LogP contribution in [0.4, 0.5) is 0 Å². The fourth-order valence-corrected chi connectivity index (χ4v) is 6.41. The first-order valence-electron chi connectivity index (χ1n) is 16.0. The van der Waals surface area contributed by atoms with Crippen molar-refractivity contribution < 1.29 is 29.4 Å². The second kappa shape index (κ2) is 13.2. The van der Waals surface area contributed by atoms with Crippen LogP contribution in [-0.4, -0.2) is 44.7 Å². The molecule has 0 bridgehead atoms. The predicted octanol–water partition coefficient (Wildman–Crippen LogP) is 7.15. The van der Waals surface area contributed by atoms with E-state index in [0.717, 1.165) is 33.4 Å². The number of aromatic nitrogens is 1. The minimum absolute atomic E-state index is 0.139. The second-order valence-electron chi connectivity index (χ2n) is 12.3. The Labute approximate surface area is 294 Å². The van der Waals surface area contributed by atoms with Crippen LogP contribution in [0.2, 0.25) is 0 Å². The molecule has 1 aromatic heterocycles. The number of aliphatic imine (C=N–C) groups is 1. The smallest absolute Gasteiger partial charge is 0.335 e. The lowest BCUT2D eigenvalue weighted by molar-refractivity contribution is -0.117. The summed E-state index contributed by atoms with van der Waals surface area (Å²) < 4.78 is 0. The van der Waals surface area contributed by atoms with Gasteiger partial charge in [-0.05, 0) is 92.5 Å². The summed E-state index contributed by atoms with van der Waals surface area (Å²) in [6, 6.07) is 13.1. The average molecular weight is 679 g/mol. The van der Waals surface area contributed by atoms with Crippen molar-refractivity contribution in [2.45, 2.75) is 27.7 Å². The van der Waals surface area contributed by atoms with E-state index < -0.39 is 11.9 Å². The number of carbonyl (C=O) groups excluding carboxylic acids is 2. The van der Waals surface area contributed by atoms with Gasteiger partial charge in [-0.25, -0.2) is 14.6 Å². The number of hydrogen-bond acceptors (Lipinski definition) is 5. The molecule has 0 fully saturated rings. The summed E-state index contributed by atoms with van der Waals surface area (Å²) in [6.45, 7) is 15.0. The highest BCUT2D eigenvalue weighted by molar-refractivity contribution is 6.21. The zero-order chi connectivity index (χ0) is 36.7. The van der Waals surface area contributed by atoms with Gasteiger partial charge in [0.2, 0.25) is 0 Å². The molecule has 254 valence electrons. The third kappa shape index (κ3) is 6.15. The first kappa shape index (κ1) is 34.1. The van der Waals surface area contributed by atoms with E-state index in [0.29, 0.717) is 56.5 Å². The van der Waals surface area contributed by atoms with Crippen molar-refractivity contribution in [1.29, 1.82) is 0 Å². The SMILES string of the molecule is C=CC1=C(C)C(=O)N/C1=C\C1=NC(=C/c2[nH]c(/C=C3\NC(=O)C(C)=C3C=C)c(C)c2-c2ccc(C(=O)O)cc2)/C(c2ccc(C(=O)O)cc2)=C1C. The van der Waals surface area contributed by atoms with E-state index in [9.17, 15) is 29.4 Å². The summed E-state index contributed by atoms with van der Waals surface area (Å²) >= 11 is 0. The topological polar surface area (TPSA) is 161 Å². The number of carboxylic acid groups (broad SMARTS) is 2. The zero-order valence-electron chi connectivity index (χ0n) is 28.4. The van der Waals surface area contributed by atoms with Gasteiger partial charge >= 0.3 is 11.9 Å². The van der Waals surface area contributed by atoms with E-state index >= 15 is 0 Å². The Bertz CT molecular complexity index is 2340. The fourth-order valence-electron chi connectivity index (χ4n) is 6.41. The van der Waals surface area contributed by atoms with Gasteiger partial charge in [0.15, 0.2) is 0 Å². The molecule has 3 aromatic rings. The molecule has 0 saturated carbocycles. The second-order valence-corrected chi connectivity index (χ2v) is 12.3. The number of H-pyrrole nitrogens is 1. The molecule has 0 radical (unpaired) electrons. The number of carboxylic acids is 2. The number of amides is 2. The molecule has 3 aliphatic heterocycles. The fraction of sp³-hybridized carbons (Fsp3) is 0.0976. The first-order chi connectivity index (χ1) is 24.3. The number of carbonyl (C=O) groups is 4. The Balaban J connectivity index is 1.57. The lowest BCUT2D eigenvalue weighted by atomic mass is 9.95. The summed E-state index contributed by atoms with van der Waals surface area (Å²) in [5.41, 5.74) is 11.0. The molecule has 0 atom stereocenters. The third-order valence-electron chi connectivity index (χ3n) is 9.24. The molecule has 0 unspecified atom stereocenters. The normalized spacial score (nSPS) is 18.3. The monoisotopic (exact) mass is 678 g/mol. The number of rotatable bonds is 9. The number of nitrogens with one attached hydrogen (secondary N) is 3. The standard InChI is InChI=1S/C41H34N4O6/c1-7-28-20(3)38(46)44-32(28)17-30-22(5)36(24-9-13-26(14-10-24)40(48)49)34(42-30)19-35-37(25-11-15-27(16-12-25)41(50)51)23(6)31(43-35)18-33-29(8-2)21(4)39(47)45-33/h7-19,42H,1-2H2,3-6H3,(H,44,46)(H,45,47)(H,48,49)(H,50,51)/b32-17-,33-18-,35-19+. The molecule has 3 aliphatic rings. The van der Waals surface area contributed by atoms with Gasteiger partial charge in [-0.2, -0.15) is 0 Å². The van der Waals surface area contributed by atoms with Gasteiger partial charge in [0.25, 0.3) is 11.8 Å². The molecule has 0 saturated heterocycles. The van der Waals surface area contributed by atoms with Gasteiger partial charge < -0.3 is 25.8 Å². The summed E-state index contributed by atoms with van der Waals surface area (Å²) in [5, 5.41) is 24.9. The van der Waals surface area contributed by atoms with Crippen LogP contribution in [0.5, 0.6) is 0 Å². The molecule has 0 spiro atoms. The number of aromatic amines is 1. The number of nitrogens with zero attached hydrogens (tertiary/aromatic N) is 1. The Hall–Kier alpha value is -6.81. The highest BCUT2D eigenvalue weighted by atomic mass is 16.4. The number of benzene rings is 2. The minimum atomic E-state index is -1.04. The molecule has 10 nitrogen and oxygen atoms in total. The molecule has 10 heteroatoms. The van der Waals surface area contributed by atoms with Gasteiger partial charge in [-0.1, -0.05) is 49.6 Å². The van der Waals surface area contributed by atoms with Crippen LogP contribution < -0.4 is 10.6 Å². The van der Waals surface area contributed by atoms with E-state index in [4.69, 9.17) is 4.99 Å². The average Bonchev–Trinajstić information content (AvgIpc) is 3.76. The Morgan fingerprint density at radius 3 is 1.65 bits per heavy atom. The molecular formula is C41H34N4O6. The molecule has 0 aliphatic carbocycles. The van der Waals surface area contributed by atoms with Crippen molar-refractivity contribution in [2.24, 2.45) is 4.99 Å². The van der Waals surface area contributed by atoms with Gasteiger partial charge in [-0.3, -0.25) is 9.59 Å². The summed E-state index contributed by atoms with van der Waals surface area (Å²) in [6.07, 6.45) is 8.77. The van der Waals surface area contributed by atoms with Gasteiger partial charge in [0, 0.05) is 44.8 Å². The Morgan fingerprint density at radius 1 is 0.667 bits per heavy atom. The first-order valence-corrected chi connectivity index (χ1v) is 16.0. The predicted molar refractivity (Wildman–Crippen MR) is 197 cm³/mol. The van der Waals surface area contributed by atoms with Crippen LogP contribution in [0.1, 0.15) is 64.0 Å². The highest BCUT2D eigenvalue weighted by Crippen LogP contribution is 2.40. The largest absolute Gasteiger partial charge is 0.478 e. The molecule has 4 heterocycles. The zero-order valence-corrected chi connectivity index (χ0v) is 28.4. The van der Waals surface area contributed by atoms with E-state index in [1.807, 2.05) is 26.0 Å². The van der Waals surface area contributed by atoms with Crippen LogP contribution in [0.25, 0.3) is 28.9 Å². The molecule has 2 aromatic carbocycles. The lowest BCUT2D eigenvalue weighted by Crippen LogP contribution is -2.16. The van der Waals surface area contributed by atoms with Crippen molar-refractivity contribution in [1.82, 2.24) is 15.6 Å². The van der Waals surface area contributed by atoms with Crippen molar-refractivity contribution >= 4 is 47.2 Å². The lowest BCUT2D eigenvalue weighted by Gasteiger charge is -2.09. The van der Waals surface area contributed by atoms with E-state index in [1.165, 1.54) is 12.1 Å². The van der Waals surface area contributed by atoms with Crippen molar-refractivity contribution in [3.63, 3.8) is 0 Å². The van der Waals surface area contributed by atoms with E-state index in [1.54, 1.807) is 68.5 Å². The Kier molecular flexibility index (Phi) is 8.85. The van der Waals surface area contributed by atoms with Crippen LogP contribution in [-0.2, 0) is 9.59 Å². The highest BCUT2D eigenvalue weighted by Gasteiger charge is 2.27. The third-order valence-corrected chi connectivity index (χ3v) is 9.24. The minimum Gasteiger partial charge on any atom is -0.478 e. The summed E-state index contributed by atoms with van der Waals surface area (Å²) in [7, 11) is 0. The molecule has 5 N–H and O–H groups in total. The number of aromatic carboxylic acids is 2. The van der Waals surface area contributed by atoms with Crippen LogP contribution >= 0.6 is 0 Å².